The zero-order valence-corrected chi connectivity index (χ0v) is 16.2. The van der Waals surface area contributed by atoms with Gasteiger partial charge in [-0.05, 0) is 40.9 Å². The highest BCUT2D eigenvalue weighted by Gasteiger charge is 2.17. The van der Waals surface area contributed by atoms with Crippen molar-refractivity contribution in [1.82, 2.24) is 20.0 Å². The number of carbonyl (C=O) groups is 1. The molecule has 0 aromatic carbocycles. The van der Waals surface area contributed by atoms with Crippen LogP contribution in [0.5, 0.6) is 0 Å². The van der Waals surface area contributed by atoms with Crippen LogP contribution in [0, 0.1) is 6.92 Å². The van der Waals surface area contributed by atoms with Crippen LogP contribution in [0.3, 0.4) is 0 Å². The van der Waals surface area contributed by atoms with Crippen LogP contribution >= 0.6 is 22.7 Å². The van der Waals surface area contributed by atoms with Crippen molar-refractivity contribution in [3.05, 3.63) is 68.1 Å². The fraction of sp³-hybridized carbons (Fsp3) is 0.188. The van der Waals surface area contributed by atoms with Crippen molar-refractivity contribution < 1.29 is 13.2 Å². The van der Waals surface area contributed by atoms with Gasteiger partial charge in [-0.2, -0.15) is 11.3 Å². The van der Waals surface area contributed by atoms with E-state index in [1.165, 1.54) is 28.9 Å². The standard InChI is InChI=1S/C16H16N4O3S3/c1-10-17-7-13(25-10)8-19-16(21)14-3-2-11(6-18-14)15(20-26(22)23)12-4-5-24-9-12/h2-7,9,15,26H,8H2,1H3,(H,19,21)(H,20,22,23). The molecular weight excluding hydrogens is 392 g/mol. The molecule has 1 amide bonds. The third kappa shape index (κ3) is 4.73. The molecule has 0 aliphatic heterocycles. The lowest BCUT2D eigenvalue weighted by Crippen LogP contribution is -2.24. The zero-order valence-electron chi connectivity index (χ0n) is 13.7. The number of thiazole rings is 1. The Hall–Kier alpha value is -2.14. The minimum absolute atomic E-state index is 0.269. The summed E-state index contributed by atoms with van der Waals surface area (Å²) in [5.74, 6) is -0.294. The molecule has 0 aliphatic rings. The van der Waals surface area contributed by atoms with Gasteiger partial charge in [0.15, 0.2) is 0 Å². The number of hydrogen-bond donors (Lipinski definition) is 3. The summed E-state index contributed by atoms with van der Waals surface area (Å²) in [6, 6.07) is 4.61. The molecular formula is C16H16N4O3S3. The van der Waals surface area contributed by atoms with Crippen molar-refractivity contribution in [1.29, 1.82) is 0 Å². The van der Waals surface area contributed by atoms with Crippen molar-refractivity contribution in [2.75, 3.05) is 0 Å². The molecule has 0 bridgehead atoms. The number of nitrogens with zero attached hydrogens (tertiary/aromatic N) is 2. The van der Waals surface area contributed by atoms with Gasteiger partial charge in [-0.3, -0.25) is 9.78 Å². The maximum absolute atomic E-state index is 12.2. The summed E-state index contributed by atoms with van der Waals surface area (Å²) in [5, 5.41) is 7.48. The summed E-state index contributed by atoms with van der Waals surface area (Å²) in [7, 11) is -2.78. The van der Waals surface area contributed by atoms with Crippen LogP contribution in [0.1, 0.15) is 37.5 Å². The SMILES string of the molecule is Cc1ncc(CNC(=O)c2ccc(C(N[SH](=O)=O)c3ccsc3)cn2)s1. The quantitative estimate of drug-likeness (QED) is 0.520. The molecule has 0 fully saturated rings. The molecule has 0 saturated carbocycles. The summed E-state index contributed by atoms with van der Waals surface area (Å²) < 4.78 is 24.7. The van der Waals surface area contributed by atoms with Crippen molar-refractivity contribution in [2.24, 2.45) is 0 Å². The third-order valence-corrected chi connectivity index (χ3v) is 5.64. The normalized spacial score (nSPS) is 12.2. The van der Waals surface area contributed by atoms with Crippen molar-refractivity contribution >= 4 is 39.5 Å². The Morgan fingerprint density at radius 1 is 1.19 bits per heavy atom. The van der Waals surface area contributed by atoms with Gasteiger partial charge in [0.2, 0.25) is 10.9 Å². The van der Waals surface area contributed by atoms with E-state index in [2.05, 4.69) is 20.0 Å². The first-order chi connectivity index (χ1) is 12.5. The molecule has 1 atom stereocenters. The van der Waals surface area contributed by atoms with Gasteiger partial charge in [0.25, 0.3) is 5.91 Å². The van der Waals surface area contributed by atoms with E-state index in [-0.39, 0.29) is 11.6 Å². The summed E-state index contributed by atoms with van der Waals surface area (Å²) in [6.07, 6.45) is 3.25. The molecule has 1 unspecified atom stereocenters. The topological polar surface area (TPSA) is 101 Å². The summed E-state index contributed by atoms with van der Waals surface area (Å²) in [6.45, 7) is 2.30. The largest absolute Gasteiger partial charge is 0.346 e. The molecule has 2 N–H and O–H groups in total. The fourth-order valence-electron chi connectivity index (χ4n) is 2.34. The first kappa shape index (κ1) is 18.6. The second kappa shape index (κ2) is 8.49. The van der Waals surface area contributed by atoms with E-state index in [1.54, 1.807) is 18.3 Å². The second-order valence-electron chi connectivity index (χ2n) is 5.38. The molecule has 3 aromatic heterocycles. The van der Waals surface area contributed by atoms with Crippen LogP contribution in [0.25, 0.3) is 0 Å². The van der Waals surface area contributed by atoms with E-state index in [1.807, 2.05) is 23.8 Å². The number of hydrogen-bond acceptors (Lipinski definition) is 7. The lowest BCUT2D eigenvalue weighted by molar-refractivity contribution is 0.0946. The molecule has 3 heterocycles. The Bertz CT molecular complexity index is 942. The average Bonchev–Trinajstić information content (AvgIpc) is 3.29. The van der Waals surface area contributed by atoms with E-state index in [9.17, 15) is 13.2 Å². The van der Waals surface area contributed by atoms with Crippen LogP contribution in [0.4, 0.5) is 0 Å². The molecule has 7 nitrogen and oxygen atoms in total. The van der Waals surface area contributed by atoms with Crippen molar-refractivity contribution in [3.8, 4) is 0 Å². The number of rotatable bonds is 7. The Labute approximate surface area is 160 Å². The number of thiophene rings is 1. The lowest BCUT2D eigenvalue weighted by Gasteiger charge is -2.14. The summed E-state index contributed by atoms with van der Waals surface area (Å²) >= 11 is 3.00. The Kier molecular flexibility index (Phi) is 6.09. The van der Waals surface area contributed by atoms with Gasteiger partial charge >= 0.3 is 0 Å². The first-order valence-electron chi connectivity index (χ1n) is 7.61. The molecule has 26 heavy (non-hydrogen) atoms. The number of carbonyl (C=O) groups excluding carboxylic acids is 1. The van der Waals surface area contributed by atoms with Crippen LogP contribution in [0.2, 0.25) is 0 Å². The van der Waals surface area contributed by atoms with Crippen LogP contribution in [-0.4, -0.2) is 24.3 Å². The number of thiol groups is 1. The zero-order chi connectivity index (χ0) is 18.5. The fourth-order valence-corrected chi connectivity index (χ4v) is 4.27. The predicted octanol–water partition coefficient (Wildman–Crippen LogP) is 2.04. The molecule has 136 valence electrons. The highest BCUT2D eigenvalue weighted by Crippen LogP contribution is 2.23. The van der Waals surface area contributed by atoms with E-state index in [0.717, 1.165) is 15.4 Å². The molecule has 0 spiro atoms. The summed E-state index contributed by atoms with van der Waals surface area (Å²) in [4.78, 5) is 21.5. The Morgan fingerprint density at radius 2 is 2.04 bits per heavy atom. The molecule has 3 rings (SSSR count). The number of nitrogens with one attached hydrogen (secondary N) is 2. The Morgan fingerprint density at radius 3 is 2.62 bits per heavy atom. The number of pyridine rings is 1. The molecule has 0 aliphatic carbocycles. The first-order valence-corrected chi connectivity index (χ1v) is 10.5. The van der Waals surface area contributed by atoms with E-state index in [0.29, 0.717) is 12.1 Å². The second-order valence-corrected chi connectivity index (χ2v) is 8.25. The van der Waals surface area contributed by atoms with Gasteiger partial charge in [0.1, 0.15) is 5.69 Å². The average molecular weight is 409 g/mol. The highest BCUT2D eigenvalue weighted by molar-refractivity contribution is 7.70. The van der Waals surface area contributed by atoms with Crippen LogP contribution < -0.4 is 10.0 Å². The van der Waals surface area contributed by atoms with Gasteiger partial charge in [-0.25, -0.2) is 18.1 Å². The predicted molar refractivity (Wildman–Crippen MR) is 102 cm³/mol. The van der Waals surface area contributed by atoms with Crippen molar-refractivity contribution in [3.63, 3.8) is 0 Å². The van der Waals surface area contributed by atoms with Gasteiger partial charge in [-0.15, -0.1) is 11.3 Å². The Balaban J connectivity index is 1.71. The van der Waals surface area contributed by atoms with Gasteiger partial charge < -0.3 is 5.32 Å². The number of aromatic nitrogens is 2. The summed E-state index contributed by atoms with van der Waals surface area (Å²) in [5.41, 5.74) is 1.76. The minimum atomic E-state index is -2.78. The minimum Gasteiger partial charge on any atom is -0.346 e. The highest BCUT2D eigenvalue weighted by atomic mass is 32.2. The number of aryl methyl sites for hydroxylation is 1. The lowest BCUT2D eigenvalue weighted by atomic mass is 10.0. The molecule has 3 aromatic rings. The maximum atomic E-state index is 12.2. The van der Waals surface area contributed by atoms with Crippen LogP contribution in [-0.2, 0) is 17.4 Å². The van der Waals surface area contributed by atoms with Gasteiger partial charge in [0, 0.05) is 17.3 Å². The van der Waals surface area contributed by atoms with Gasteiger partial charge in [-0.1, -0.05) is 6.07 Å². The maximum Gasteiger partial charge on any atom is 0.270 e. The van der Waals surface area contributed by atoms with E-state index >= 15 is 0 Å². The van der Waals surface area contributed by atoms with Crippen molar-refractivity contribution in [2.45, 2.75) is 19.5 Å². The molecule has 0 saturated heterocycles. The number of amides is 1. The van der Waals surface area contributed by atoms with E-state index in [4.69, 9.17) is 0 Å². The molecule has 0 radical (unpaired) electrons. The van der Waals surface area contributed by atoms with E-state index < -0.39 is 16.9 Å². The smallest absolute Gasteiger partial charge is 0.270 e. The van der Waals surface area contributed by atoms with Crippen LogP contribution in [0.15, 0.2) is 41.4 Å². The third-order valence-electron chi connectivity index (χ3n) is 3.56. The molecule has 10 heteroatoms. The van der Waals surface area contributed by atoms with Gasteiger partial charge in [0.05, 0.1) is 17.6 Å². The monoisotopic (exact) mass is 408 g/mol.